The van der Waals surface area contributed by atoms with Crippen molar-refractivity contribution >= 4 is 52.3 Å². The van der Waals surface area contributed by atoms with Crippen molar-refractivity contribution in [2.24, 2.45) is 11.8 Å². The number of para-hydroxylation sites is 1. The van der Waals surface area contributed by atoms with Crippen molar-refractivity contribution in [1.82, 2.24) is 4.90 Å². The second-order valence-corrected chi connectivity index (χ2v) is 9.46. The molecule has 9 heteroatoms. The van der Waals surface area contributed by atoms with E-state index >= 15 is 0 Å². The zero-order valence-corrected chi connectivity index (χ0v) is 18.6. The van der Waals surface area contributed by atoms with Crippen LogP contribution in [0.3, 0.4) is 0 Å². The van der Waals surface area contributed by atoms with E-state index < -0.39 is 23.3 Å². The van der Waals surface area contributed by atoms with Crippen LogP contribution >= 0.6 is 23.2 Å². The lowest BCUT2D eigenvalue weighted by atomic mass is 9.75. The standard InChI is InChI=1S/C23H19Cl2N3O4/c1-32-16-8-7-11(24)10-15(16)28-20(29)17-14-6-3-9-27(14)23(18(17)21(28)30)12-4-2-5-13(25)19(12)26-22(23)31/h2,4-5,7-8,10,14,17-18H,3,6,9H2,1H3,(H,26,31)/t14-,17+,18+,23-/m0/s1. The molecule has 32 heavy (non-hydrogen) atoms. The molecule has 4 aliphatic rings. The zero-order valence-electron chi connectivity index (χ0n) is 17.1. The Kier molecular flexibility index (Phi) is 4.19. The van der Waals surface area contributed by atoms with Crippen molar-refractivity contribution in [1.29, 1.82) is 0 Å². The molecular weight excluding hydrogens is 453 g/mol. The number of halogens is 2. The first-order valence-corrected chi connectivity index (χ1v) is 11.3. The number of hydrogen-bond acceptors (Lipinski definition) is 5. The van der Waals surface area contributed by atoms with Gasteiger partial charge in [-0.05, 0) is 43.7 Å². The quantitative estimate of drug-likeness (QED) is 0.678. The van der Waals surface area contributed by atoms with Crippen LogP contribution in [0.15, 0.2) is 36.4 Å². The summed E-state index contributed by atoms with van der Waals surface area (Å²) in [5.74, 6) is -2.17. The van der Waals surface area contributed by atoms with Crippen LogP contribution < -0.4 is 15.0 Å². The minimum Gasteiger partial charge on any atom is -0.495 e. The fraction of sp³-hybridized carbons (Fsp3) is 0.348. The van der Waals surface area contributed by atoms with Gasteiger partial charge in [-0.2, -0.15) is 0 Å². The number of carbonyl (C=O) groups is 3. The number of imide groups is 1. The van der Waals surface area contributed by atoms with Gasteiger partial charge in [-0.3, -0.25) is 19.3 Å². The van der Waals surface area contributed by atoms with Gasteiger partial charge in [0.15, 0.2) is 0 Å². The van der Waals surface area contributed by atoms with Crippen molar-refractivity contribution in [2.45, 2.75) is 24.4 Å². The Morgan fingerprint density at radius 2 is 1.94 bits per heavy atom. The molecule has 6 rings (SSSR count). The number of carbonyl (C=O) groups excluding carboxylic acids is 3. The Bertz CT molecular complexity index is 1220. The van der Waals surface area contributed by atoms with Crippen molar-refractivity contribution in [3.05, 3.63) is 52.0 Å². The van der Waals surface area contributed by atoms with E-state index in [4.69, 9.17) is 27.9 Å². The summed E-state index contributed by atoms with van der Waals surface area (Å²) < 4.78 is 5.42. The van der Waals surface area contributed by atoms with Gasteiger partial charge in [0.05, 0.1) is 35.3 Å². The van der Waals surface area contributed by atoms with Crippen LogP contribution in [0, 0.1) is 11.8 Å². The van der Waals surface area contributed by atoms with Crippen molar-refractivity contribution in [3.8, 4) is 5.75 Å². The SMILES string of the molecule is COc1ccc(Cl)cc1N1C(=O)[C@@H]2[C@@H]3CCCN3[C@]3(C(=O)Nc4c(Cl)cccc43)[C@H]2C1=O. The maximum atomic E-state index is 14.0. The van der Waals surface area contributed by atoms with Gasteiger partial charge in [-0.1, -0.05) is 35.3 Å². The molecule has 0 bridgehead atoms. The topological polar surface area (TPSA) is 79.0 Å². The van der Waals surface area contributed by atoms with Crippen LogP contribution in [-0.4, -0.2) is 42.3 Å². The highest BCUT2D eigenvalue weighted by molar-refractivity contribution is 6.35. The lowest BCUT2D eigenvalue weighted by molar-refractivity contribution is -0.135. The molecule has 4 heterocycles. The zero-order chi connectivity index (χ0) is 22.4. The number of rotatable bonds is 2. The van der Waals surface area contributed by atoms with Gasteiger partial charge in [0, 0.05) is 16.6 Å². The molecule has 0 saturated carbocycles. The smallest absolute Gasteiger partial charge is 0.250 e. The fourth-order valence-electron chi connectivity index (χ4n) is 6.27. The number of benzene rings is 2. The maximum absolute atomic E-state index is 14.0. The molecule has 2 aromatic carbocycles. The number of fused-ring (bicyclic) bond motifs is 7. The molecule has 4 atom stereocenters. The third-order valence-electron chi connectivity index (χ3n) is 7.36. The number of methoxy groups -OCH3 is 1. The van der Waals surface area contributed by atoms with E-state index in [1.54, 1.807) is 30.3 Å². The summed E-state index contributed by atoms with van der Waals surface area (Å²) >= 11 is 12.6. The summed E-state index contributed by atoms with van der Waals surface area (Å²) in [5.41, 5.74) is 0.216. The average molecular weight is 472 g/mol. The van der Waals surface area contributed by atoms with Gasteiger partial charge >= 0.3 is 0 Å². The third-order valence-corrected chi connectivity index (χ3v) is 7.91. The Hall–Kier alpha value is -2.61. The van der Waals surface area contributed by atoms with E-state index in [0.717, 1.165) is 17.7 Å². The molecule has 0 radical (unpaired) electrons. The molecule has 2 aromatic rings. The highest BCUT2D eigenvalue weighted by Crippen LogP contribution is 2.61. The summed E-state index contributed by atoms with van der Waals surface area (Å²) in [6.07, 6.45) is 1.59. The number of nitrogens with one attached hydrogen (secondary N) is 1. The molecule has 3 amide bonds. The molecule has 4 aliphatic heterocycles. The predicted octanol–water partition coefficient (Wildman–Crippen LogP) is 3.43. The van der Waals surface area contributed by atoms with Gasteiger partial charge in [-0.15, -0.1) is 0 Å². The average Bonchev–Trinajstić information content (AvgIpc) is 3.47. The molecule has 0 aromatic heterocycles. The highest BCUT2D eigenvalue weighted by Gasteiger charge is 2.74. The van der Waals surface area contributed by atoms with E-state index in [9.17, 15) is 14.4 Å². The lowest BCUT2D eigenvalue weighted by Crippen LogP contribution is -2.54. The molecule has 164 valence electrons. The minimum absolute atomic E-state index is 0.206. The summed E-state index contributed by atoms with van der Waals surface area (Å²) in [4.78, 5) is 44.6. The molecule has 0 unspecified atom stereocenters. The van der Waals surface area contributed by atoms with E-state index in [1.165, 1.54) is 7.11 Å². The fourth-order valence-corrected chi connectivity index (χ4v) is 6.66. The van der Waals surface area contributed by atoms with Gasteiger partial charge in [0.25, 0.3) is 5.91 Å². The van der Waals surface area contributed by atoms with Crippen LogP contribution in [0.5, 0.6) is 5.75 Å². The third kappa shape index (κ3) is 2.23. The largest absolute Gasteiger partial charge is 0.495 e. The Labute approximate surface area is 194 Å². The van der Waals surface area contributed by atoms with Crippen molar-refractivity contribution < 1.29 is 19.1 Å². The van der Waals surface area contributed by atoms with Gasteiger partial charge in [-0.25, -0.2) is 4.90 Å². The molecule has 7 nitrogen and oxygen atoms in total. The number of ether oxygens (including phenoxy) is 1. The van der Waals surface area contributed by atoms with Crippen molar-refractivity contribution in [2.75, 3.05) is 23.9 Å². The first-order valence-electron chi connectivity index (χ1n) is 10.5. The van der Waals surface area contributed by atoms with E-state index in [-0.39, 0.29) is 17.9 Å². The second kappa shape index (κ2) is 6.70. The summed E-state index contributed by atoms with van der Waals surface area (Å²) in [6.45, 7) is 0.637. The molecule has 3 fully saturated rings. The summed E-state index contributed by atoms with van der Waals surface area (Å²) in [7, 11) is 1.47. The molecule has 1 N–H and O–H groups in total. The Balaban J connectivity index is 1.57. The summed E-state index contributed by atoms with van der Waals surface area (Å²) in [6, 6.07) is 9.92. The summed E-state index contributed by atoms with van der Waals surface area (Å²) in [5, 5.41) is 3.70. The monoisotopic (exact) mass is 471 g/mol. The van der Waals surface area contributed by atoms with E-state index in [0.29, 0.717) is 39.3 Å². The van der Waals surface area contributed by atoms with Crippen LogP contribution in [0.25, 0.3) is 0 Å². The second-order valence-electron chi connectivity index (χ2n) is 8.62. The first kappa shape index (κ1) is 20.0. The van der Waals surface area contributed by atoms with Gasteiger partial charge in [0.2, 0.25) is 11.8 Å². The van der Waals surface area contributed by atoms with Gasteiger partial charge in [0.1, 0.15) is 11.3 Å². The van der Waals surface area contributed by atoms with E-state index in [2.05, 4.69) is 10.2 Å². The Morgan fingerprint density at radius 1 is 1.12 bits per heavy atom. The molecule has 1 spiro atoms. The molecular formula is C23H19Cl2N3O4. The first-order chi connectivity index (χ1) is 15.4. The van der Waals surface area contributed by atoms with Crippen LogP contribution in [-0.2, 0) is 19.9 Å². The number of hydrogen-bond donors (Lipinski definition) is 1. The number of nitrogens with zero attached hydrogens (tertiary/aromatic N) is 2. The lowest BCUT2D eigenvalue weighted by Gasteiger charge is -2.36. The van der Waals surface area contributed by atoms with Gasteiger partial charge < -0.3 is 10.1 Å². The highest BCUT2D eigenvalue weighted by atomic mass is 35.5. The van der Waals surface area contributed by atoms with Crippen LogP contribution in [0.4, 0.5) is 11.4 Å². The molecule has 0 aliphatic carbocycles. The minimum atomic E-state index is -1.26. The number of anilines is 2. The van der Waals surface area contributed by atoms with Crippen molar-refractivity contribution in [3.63, 3.8) is 0 Å². The molecule has 3 saturated heterocycles. The van der Waals surface area contributed by atoms with Crippen LogP contribution in [0.2, 0.25) is 10.0 Å². The van der Waals surface area contributed by atoms with E-state index in [1.807, 2.05) is 6.07 Å². The number of amides is 3. The Morgan fingerprint density at radius 3 is 2.72 bits per heavy atom. The maximum Gasteiger partial charge on any atom is 0.250 e. The predicted molar refractivity (Wildman–Crippen MR) is 119 cm³/mol. The van der Waals surface area contributed by atoms with Crippen LogP contribution in [0.1, 0.15) is 18.4 Å². The normalized spacial score (nSPS) is 30.7.